The Kier molecular flexibility index (Phi) is 4.87. The molecule has 0 saturated heterocycles. The van der Waals surface area contributed by atoms with Gasteiger partial charge in [-0.25, -0.2) is 0 Å². The summed E-state index contributed by atoms with van der Waals surface area (Å²) in [7, 11) is 0. The largest absolute Gasteiger partial charge is 0.368 e. The Labute approximate surface area is 118 Å². The Morgan fingerprint density at radius 1 is 1.10 bits per heavy atom. The first-order valence-corrected chi connectivity index (χ1v) is 6.48. The van der Waals surface area contributed by atoms with Gasteiger partial charge in [-0.05, 0) is 23.6 Å². The molecule has 20 heavy (non-hydrogen) atoms. The summed E-state index contributed by atoms with van der Waals surface area (Å²) in [5.41, 5.74) is 11.2. The van der Waals surface area contributed by atoms with Crippen LogP contribution in [0.25, 0.3) is 11.1 Å². The molecule has 1 atom stereocenters. The molecule has 0 fully saturated rings. The molecular weight excluding hydrogens is 252 g/mol. The molecule has 3 N–H and O–H groups in total. The number of amides is 1. The topological polar surface area (TPSA) is 64.3 Å². The lowest BCUT2D eigenvalue weighted by molar-refractivity contribution is -0.126. The van der Waals surface area contributed by atoms with Gasteiger partial charge in [0.05, 0.1) is 6.04 Å². The Balaban J connectivity index is 1.99. The molecule has 1 amide bonds. The van der Waals surface area contributed by atoms with E-state index in [1.165, 1.54) is 11.1 Å². The first kappa shape index (κ1) is 14.2. The Hall–Kier alpha value is -2.17. The summed E-state index contributed by atoms with van der Waals surface area (Å²) < 4.78 is 0. The molecule has 1 unspecified atom stereocenters. The summed E-state index contributed by atoms with van der Waals surface area (Å²) in [5, 5.41) is 0. The molecule has 0 aliphatic carbocycles. The molecule has 104 valence electrons. The molecule has 0 aliphatic rings. The zero-order valence-electron chi connectivity index (χ0n) is 11.4. The van der Waals surface area contributed by atoms with Crippen LogP contribution in [0.4, 0.5) is 0 Å². The number of hydrogen-bond acceptors (Lipinski definition) is 3. The molecule has 0 aromatic heterocycles. The van der Waals surface area contributed by atoms with Gasteiger partial charge in [-0.3, -0.25) is 9.63 Å². The van der Waals surface area contributed by atoms with Crippen LogP contribution < -0.4 is 11.2 Å². The third kappa shape index (κ3) is 3.91. The maximum Gasteiger partial charge on any atom is 0.245 e. The van der Waals surface area contributed by atoms with Crippen molar-refractivity contribution in [2.75, 3.05) is 6.61 Å². The summed E-state index contributed by atoms with van der Waals surface area (Å²) in [6, 6.07) is 18.4. The molecule has 2 rings (SSSR count). The van der Waals surface area contributed by atoms with Gasteiger partial charge >= 0.3 is 0 Å². The summed E-state index contributed by atoms with van der Waals surface area (Å²) in [6.07, 6.45) is 0. The molecule has 0 bridgehead atoms. The van der Waals surface area contributed by atoms with Crippen molar-refractivity contribution >= 4 is 5.91 Å². The van der Waals surface area contributed by atoms with E-state index >= 15 is 0 Å². The van der Waals surface area contributed by atoms with E-state index in [4.69, 9.17) is 10.6 Å². The summed E-state index contributed by atoms with van der Waals surface area (Å²) in [6.45, 7) is 1.82. The lowest BCUT2D eigenvalue weighted by Crippen LogP contribution is -2.26. The van der Waals surface area contributed by atoms with Crippen molar-refractivity contribution in [3.8, 4) is 11.1 Å². The fraction of sp³-hybridized carbons (Fsp3) is 0.188. The maximum absolute atomic E-state index is 10.6. The van der Waals surface area contributed by atoms with E-state index in [1.54, 1.807) is 0 Å². The molecule has 0 heterocycles. The number of benzene rings is 2. The first-order valence-electron chi connectivity index (χ1n) is 6.48. The van der Waals surface area contributed by atoms with Crippen LogP contribution in [0.1, 0.15) is 18.5 Å². The number of carbonyl (C=O) groups is 1. The van der Waals surface area contributed by atoms with E-state index in [2.05, 4.69) is 29.7 Å². The molecule has 0 radical (unpaired) electrons. The summed E-state index contributed by atoms with van der Waals surface area (Å²) in [4.78, 5) is 15.6. The zero-order valence-corrected chi connectivity index (χ0v) is 11.4. The summed E-state index contributed by atoms with van der Waals surface area (Å²) >= 11 is 0. The van der Waals surface area contributed by atoms with Crippen molar-refractivity contribution in [3.63, 3.8) is 0 Å². The molecule has 0 saturated carbocycles. The highest BCUT2D eigenvalue weighted by Gasteiger charge is 2.06. The Morgan fingerprint density at radius 2 is 1.70 bits per heavy atom. The number of nitrogens with one attached hydrogen (secondary N) is 1. The number of hydrogen-bond donors (Lipinski definition) is 2. The lowest BCUT2D eigenvalue weighted by atomic mass is 10.0. The normalized spacial score (nSPS) is 12.1. The zero-order chi connectivity index (χ0) is 14.4. The average molecular weight is 270 g/mol. The predicted molar refractivity (Wildman–Crippen MR) is 78.6 cm³/mol. The van der Waals surface area contributed by atoms with Crippen molar-refractivity contribution in [1.29, 1.82) is 0 Å². The van der Waals surface area contributed by atoms with E-state index in [1.807, 2.05) is 37.3 Å². The van der Waals surface area contributed by atoms with Crippen molar-refractivity contribution in [3.05, 3.63) is 60.2 Å². The molecule has 0 aliphatic heterocycles. The molecular formula is C16H18N2O2. The van der Waals surface area contributed by atoms with Gasteiger partial charge in [0.2, 0.25) is 5.91 Å². The second-order valence-electron chi connectivity index (χ2n) is 4.58. The second-order valence-corrected chi connectivity index (χ2v) is 4.58. The van der Waals surface area contributed by atoms with Gasteiger partial charge in [-0.15, -0.1) is 0 Å². The monoisotopic (exact) mass is 270 g/mol. The van der Waals surface area contributed by atoms with Gasteiger partial charge in [0.25, 0.3) is 0 Å². The molecule has 4 nitrogen and oxygen atoms in total. The van der Waals surface area contributed by atoms with E-state index < -0.39 is 5.91 Å². The van der Waals surface area contributed by atoms with Crippen LogP contribution in [0.15, 0.2) is 54.6 Å². The van der Waals surface area contributed by atoms with Gasteiger partial charge in [-0.1, -0.05) is 54.6 Å². The van der Waals surface area contributed by atoms with E-state index in [-0.39, 0.29) is 12.6 Å². The van der Waals surface area contributed by atoms with Gasteiger partial charge in [0.1, 0.15) is 6.61 Å². The fourth-order valence-electron chi connectivity index (χ4n) is 1.90. The van der Waals surface area contributed by atoms with Crippen LogP contribution in [-0.4, -0.2) is 12.5 Å². The number of rotatable bonds is 6. The minimum Gasteiger partial charge on any atom is -0.368 e. The van der Waals surface area contributed by atoms with Gasteiger partial charge in [0, 0.05) is 0 Å². The Bertz CT molecular complexity index is 552. The van der Waals surface area contributed by atoms with Crippen molar-refractivity contribution in [2.24, 2.45) is 5.73 Å². The van der Waals surface area contributed by atoms with Gasteiger partial charge in [-0.2, -0.15) is 5.48 Å². The van der Waals surface area contributed by atoms with Crippen molar-refractivity contribution in [2.45, 2.75) is 13.0 Å². The third-order valence-corrected chi connectivity index (χ3v) is 2.99. The van der Waals surface area contributed by atoms with Crippen molar-refractivity contribution < 1.29 is 9.63 Å². The van der Waals surface area contributed by atoms with E-state index in [9.17, 15) is 4.79 Å². The molecule has 0 spiro atoms. The molecule has 4 heteroatoms. The Morgan fingerprint density at radius 3 is 2.30 bits per heavy atom. The van der Waals surface area contributed by atoms with Crippen LogP contribution >= 0.6 is 0 Å². The number of carbonyl (C=O) groups excluding carboxylic acids is 1. The van der Waals surface area contributed by atoms with E-state index in [0.29, 0.717) is 0 Å². The fourth-order valence-corrected chi connectivity index (χ4v) is 1.90. The highest BCUT2D eigenvalue weighted by atomic mass is 16.6. The van der Waals surface area contributed by atoms with E-state index in [0.717, 1.165) is 5.56 Å². The van der Waals surface area contributed by atoms with Crippen LogP contribution in [0.3, 0.4) is 0 Å². The van der Waals surface area contributed by atoms with Crippen LogP contribution in [0.2, 0.25) is 0 Å². The molecule has 2 aromatic carbocycles. The van der Waals surface area contributed by atoms with Crippen LogP contribution in [0, 0.1) is 0 Å². The number of primary amides is 1. The standard InChI is InChI=1S/C16H18N2O2/c1-12(18-20-11-16(17)19)13-7-9-15(10-8-13)14-5-3-2-4-6-14/h2-10,12,18H,11H2,1H3,(H2,17,19). The highest BCUT2D eigenvalue weighted by Crippen LogP contribution is 2.21. The van der Waals surface area contributed by atoms with Gasteiger partial charge in [0.15, 0.2) is 0 Å². The number of hydroxylamine groups is 1. The van der Waals surface area contributed by atoms with Crippen LogP contribution in [-0.2, 0) is 9.63 Å². The average Bonchev–Trinajstić information content (AvgIpc) is 2.48. The lowest BCUT2D eigenvalue weighted by Gasteiger charge is -2.14. The predicted octanol–water partition coefficient (Wildman–Crippen LogP) is 2.42. The van der Waals surface area contributed by atoms with Crippen molar-refractivity contribution in [1.82, 2.24) is 5.48 Å². The molecule has 2 aromatic rings. The first-order chi connectivity index (χ1) is 9.66. The second kappa shape index (κ2) is 6.84. The minimum atomic E-state index is -0.496. The maximum atomic E-state index is 10.6. The quantitative estimate of drug-likeness (QED) is 0.792. The SMILES string of the molecule is CC(NOCC(N)=O)c1ccc(-c2ccccc2)cc1. The van der Waals surface area contributed by atoms with Gasteiger partial charge < -0.3 is 5.73 Å². The summed E-state index contributed by atoms with van der Waals surface area (Å²) in [5.74, 6) is -0.496. The third-order valence-electron chi connectivity index (χ3n) is 2.99. The highest BCUT2D eigenvalue weighted by molar-refractivity contribution is 5.74. The smallest absolute Gasteiger partial charge is 0.245 e. The number of nitrogens with two attached hydrogens (primary N) is 1. The minimum absolute atomic E-state index is 0.0147. The van der Waals surface area contributed by atoms with Crippen LogP contribution in [0.5, 0.6) is 0 Å².